The molecule has 0 unspecified atom stereocenters. The van der Waals surface area contributed by atoms with Gasteiger partial charge in [-0.25, -0.2) is 4.39 Å². The molecule has 1 aliphatic carbocycles. The van der Waals surface area contributed by atoms with Crippen molar-refractivity contribution in [2.24, 2.45) is 5.92 Å². The molecule has 1 aliphatic rings. The van der Waals surface area contributed by atoms with Gasteiger partial charge in [0.25, 0.3) is 0 Å². The second-order valence-electron chi connectivity index (χ2n) is 6.47. The van der Waals surface area contributed by atoms with E-state index in [2.05, 4.69) is 0 Å². The van der Waals surface area contributed by atoms with Gasteiger partial charge in [0.2, 0.25) is 0 Å². The van der Waals surface area contributed by atoms with E-state index in [1.807, 2.05) is 18.2 Å². The standard InChI is InChI=1S/C21H21FO2/c22-17-12-10-15(11-13-17)19(18-8-4-5-9-20(18)23)14-21(24)16-6-2-1-3-7-16/h1-3,6-7,10-13,18-19H,4-5,8-9,14H2/t18-,19+/m1/s1. The number of halogens is 1. The molecule has 2 aromatic carbocycles. The summed E-state index contributed by atoms with van der Waals surface area (Å²) >= 11 is 0. The molecule has 24 heavy (non-hydrogen) atoms. The minimum atomic E-state index is -0.304. The molecular formula is C21H21FO2. The number of hydrogen-bond acceptors (Lipinski definition) is 2. The van der Waals surface area contributed by atoms with E-state index >= 15 is 0 Å². The van der Waals surface area contributed by atoms with Crippen LogP contribution in [-0.4, -0.2) is 11.6 Å². The molecule has 0 aliphatic heterocycles. The lowest BCUT2D eigenvalue weighted by Crippen LogP contribution is -2.27. The third kappa shape index (κ3) is 3.78. The molecule has 0 radical (unpaired) electrons. The zero-order chi connectivity index (χ0) is 16.9. The van der Waals surface area contributed by atoms with E-state index in [0.29, 0.717) is 12.0 Å². The first-order valence-corrected chi connectivity index (χ1v) is 8.51. The van der Waals surface area contributed by atoms with E-state index in [9.17, 15) is 14.0 Å². The molecule has 2 atom stereocenters. The molecular weight excluding hydrogens is 303 g/mol. The van der Waals surface area contributed by atoms with Crippen LogP contribution in [-0.2, 0) is 4.79 Å². The van der Waals surface area contributed by atoms with Gasteiger partial charge in [-0.3, -0.25) is 9.59 Å². The number of carbonyl (C=O) groups is 2. The van der Waals surface area contributed by atoms with Crippen LogP contribution in [0.5, 0.6) is 0 Å². The Bertz CT molecular complexity index is 706. The highest BCUT2D eigenvalue weighted by molar-refractivity contribution is 5.97. The van der Waals surface area contributed by atoms with Gasteiger partial charge in [0.05, 0.1) is 0 Å². The molecule has 0 amide bonds. The van der Waals surface area contributed by atoms with Gasteiger partial charge in [-0.15, -0.1) is 0 Å². The van der Waals surface area contributed by atoms with Crippen molar-refractivity contribution in [2.75, 3.05) is 0 Å². The smallest absolute Gasteiger partial charge is 0.163 e. The molecule has 0 aromatic heterocycles. The summed E-state index contributed by atoms with van der Waals surface area (Å²) in [6.07, 6.45) is 3.61. The summed E-state index contributed by atoms with van der Waals surface area (Å²) in [4.78, 5) is 25.1. The van der Waals surface area contributed by atoms with Crippen LogP contribution in [0.3, 0.4) is 0 Å². The van der Waals surface area contributed by atoms with Crippen molar-refractivity contribution < 1.29 is 14.0 Å². The fourth-order valence-corrected chi connectivity index (χ4v) is 3.58. The highest BCUT2D eigenvalue weighted by atomic mass is 19.1. The summed E-state index contributed by atoms with van der Waals surface area (Å²) in [6, 6.07) is 15.4. The van der Waals surface area contributed by atoms with Crippen LogP contribution < -0.4 is 0 Å². The van der Waals surface area contributed by atoms with E-state index < -0.39 is 0 Å². The van der Waals surface area contributed by atoms with Crippen molar-refractivity contribution >= 4 is 11.6 Å². The Kier molecular flexibility index (Phi) is 5.19. The van der Waals surface area contributed by atoms with Gasteiger partial charge < -0.3 is 0 Å². The lowest BCUT2D eigenvalue weighted by atomic mass is 9.73. The number of carbonyl (C=O) groups excluding carboxylic acids is 2. The van der Waals surface area contributed by atoms with Crippen LogP contribution in [0.1, 0.15) is 53.9 Å². The number of benzene rings is 2. The monoisotopic (exact) mass is 324 g/mol. The first kappa shape index (κ1) is 16.6. The average Bonchev–Trinajstić information content (AvgIpc) is 2.62. The van der Waals surface area contributed by atoms with Crippen LogP contribution in [0.2, 0.25) is 0 Å². The summed E-state index contributed by atoms with van der Waals surface area (Å²) in [5, 5.41) is 0. The SMILES string of the molecule is O=C(C[C@@H](c1ccc(F)cc1)[C@H]1CCCCC1=O)c1ccccc1. The van der Waals surface area contributed by atoms with Gasteiger partial charge in [-0.05, 0) is 30.5 Å². The summed E-state index contributed by atoms with van der Waals surface area (Å²) in [5.41, 5.74) is 1.54. The van der Waals surface area contributed by atoms with Gasteiger partial charge >= 0.3 is 0 Å². The van der Waals surface area contributed by atoms with E-state index in [4.69, 9.17) is 0 Å². The Morgan fingerprint density at radius 2 is 1.75 bits per heavy atom. The second kappa shape index (κ2) is 7.52. The molecule has 2 aromatic rings. The third-order valence-electron chi connectivity index (χ3n) is 4.89. The Balaban J connectivity index is 1.88. The van der Waals surface area contributed by atoms with Crippen molar-refractivity contribution in [2.45, 2.75) is 38.0 Å². The van der Waals surface area contributed by atoms with Gasteiger partial charge in [0, 0.05) is 30.2 Å². The maximum atomic E-state index is 13.3. The Labute approximate surface area is 141 Å². The molecule has 124 valence electrons. The summed E-state index contributed by atoms with van der Waals surface area (Å²) in [7, 11) is 0. The predicted octanol–water partition coefficient (Wildman–Crippen LogP) is 4.94. The first-order valence-electron chi connectivity index (χ1n) is 8.51. The normalized spacial score (nSPS) is 19.0. The van der Waals surface area contributed by atoms with Gasteiger partial charge in [-0.1, -0.05) is 48.9 Å². The number of ketones is 2. The molecule has 2 nitrogen and oxygen atoms in total. The largest absolute Gasteiger partial charge is 0.299 e. The molecule has 1 saturated carbocycles. The maximum absolute atomic E-state index is 13.3. The first-order chi connectivity index (χ1) is 11.6. The maximum Gasteiger partial charge on any atom is 0.163 e. The zero-order valence-electron chi connectivity index (χ0n) is 13.6. The lowest BCUT2D eigenvalue weighted by molar-refractivity contribution is -0.125. The number of Topliss-reactive ketones (excluding diaryl/α,β-unsaturated/α-hetero) is 2. The average molecular weight is 324 g/mol. The van der Waals surface area contributed by atoms with E-state index in [-0.39, 0.29) is 35.6 Å². The van der Waals surface area contributed by atoms with E-state index in [1.165, 1.54) is 12.1 Å². The fourth-order valence-electron chi connectivity index (χ4n) is 3.58. The van der Waals surface area contributed by atoms with Crippen molar-refractivity contribution in [3.8, 4) is 0 Å². The van der Waals surface area contributed by atoms with Crippen LogP contribution in [0.15, 0.2) is 54.6 Å². The van der Waals surface area contributed by atoms with Gasteiger partial charge in [0.15, 0.2) is 5.78 Å². The Morgan fingerprint density at radius 3 is 2.42 bits per heavy atom. The molecule has 1 fully saturated rings. The van der Waals surface area contributed by atoms with Crippen LogP contribution in [0.4, 0.5) is 4.39 Å². The topological polar surface area (TPSA) is 34.1 Å². The van der Waals surface area contributed by atoms with Gasteiger partial charge in [-0.2, -0.15) is 0 Å². The molecule has 0 bridgehead atoms. The minimum Gasteiger partial charge on any atom is -0.299 e. The second-order valence-corrected chi connectivity index (χ2v) is 6.47. The molecule has 0 heterocycles. The van der Waals surface area contributed by atoms with Crippen LogP contribution in [0.25, 0.3) is 0 Å². The third-order valence-corrected chi connectivity index (χ3v) is 4.89. The molecule has 0 spiro atoms. The molecule has 3 heteroatoms. The summed E-state index contributed by atoms with van der Waals surface area (Å²) in [6.45, 7) is 0. The van der Waals surface area contributed by atoms with Crippen LogP contribution in [0, 0.1) is 11.7 Å². The summed E-state index contributed by atoms with van der Waals surface area (Å²) < 4.78 is 13.3. The van der Waals surface area contributed by atoms with E-state index in [1.54, 1.807) is 24.3 Å². The number of hydrogen-bond donors (Lipinski definition) is 0. The van der Waals surface area contributed by atoms with Crippen LogP contribution >= 0.6 is 0 Å². The minimum absolute atomic E-state index is 0.0308. The Morgan fingerprint density at radius 1 is 1.04 bits per heavy atom. The van der Waals surface area contributed by atoms with Crippen molar-refractivity contribution in [1.29, 1.82) is 0 Å². The molecule has 0 N–H and O–H groups in total. The quantitative estimate of drug-likeness (QED) is 0.730. The molecule has 0 saturated heterocycles. The zero-order valence-corrected chi connectivity index (χ0v) is 13.6. The fraction of sp³-hybridized carbons (Fsp3) is 0.333. The van der Waals surface area contributed by atoms with Crippen molar-refractivity contribution in [3.63, 3.8) is 0 Å². The highest BCUT2D eigenvalue weighted by Crippen LogP contribution is 2.37. The van der Waals surface area contributed by atoms with Crippen molar-refractivity contribution in [1.82, 2.24) is 0 Å². The number of rotatable bonds is 5. The Hall–Kier alpha value is -2.29. The van der Waals surface area contributed by atoms with Crippen molar-refractivity contribution in [3.05, 3.63) is 71.5 Å². The highest BCUT2D eigenvalue weighted by Gasteiger charge is 2.32. The molecule has 3 rings (SSSR count). The lowest BCUT2D eigenvalue weighted by Gasteiger charge is -2.29. The predicted molar refractivity (Wildman–Crippen MR) is 91.5 cm³/mol. The van der Waals surface area contributed by atoms with E-state index in [0.717, 1.165) is 24.8 Å². The van der Waals surface area contributed by atoms with Gasteiger partial charge in [0.1, 0.15) is 11.6 Å². The summed E-state index contributed by atoms with van der Waals surface area (Å²) in [5.74, 6) is -0.357.